The van der Waals surface area contributed by atoms with E-state index in [0.717, 1.165) is 23.0 Å². The number of hydrogen-bond donors (Lipinski definition) is 1. The number of aromatic nitrogens is 3. The molecule has 1 amide bonds. The quantitative estimate of drug-likeness (QED) is 0.807. The van der Waals surface area contributed by atoms with Crippen LogP contribution < -0.4 is 5.32 Å². The van der Waals surface area contributed by atoms with Gasteiger partial charge in [-0.05, 0) is 38.7 Å². The Morgan fingerprint density at radius 1 is 1.31 bits per heavy atom. The monoisotopic (exact) mass is 372 g/mol. The molecule has 0 spiro atoms. The summed E-state index contributed by atoms with van der Waals surface area (Å²) < 4.78 is 1.96. The van der Waals surface area contributed by atoms with Crippen LogP contribution in [0.3, 0.4) is 0 Å². The molecule has 1 fully saturated rings. The van der Waals surface area contributed by atoms with Crippen LogP contribution in [-0.2, 0) is 11.8 Å². The summed E-state index contributed by atoms with van der Waals surface area (Å²) in [5.41, 5.74) is 2.23. The fourth-order valence-corrected chi connectivity index (χ4v) is 4.32. The van der Waals surface area contributed by atoms with Crippen molar-refractivity contribution < 1.29 is 4.79 Å². The molecule has 1 N–H and O–H groups in total. The van der Waals surface area contributed by atoms with Crippen LogP contribution in [-0.4, -0.2) is 32.0 Å². The van der Waals surface area contributed by atoms with E-state index < -0.39 is 0 Å². The predicted molar refractivity (Wildman–Crippen MR) is 106 cm³/mol. The van der Waals surface area contributed by atoms with Gasteiger partial charge in [-0.15, -0.1) is 10.2 Å². The van der Waals surface area contributed by atoms with Gasteiger partial charge in [0, 0.05) is 18.7 Å². The van der Waals surface area contributed by atoms with Gasteiger partial charge in [0.2, 0.25) is 5.91 Å². The summed E-state index contributed by atoms with van der Waals surface area (Å²) in [6, 6.07) is 8.52. The van der Waals surface area contributed by atoms with Crippen molar-refractivity contribution in [1.82, 2.24) is 20.1 Å². The molecule has 2 aromatic rings. The first-order valence-corrected chi connectivity index (χ1v) is 10.3. The van der Waals surface area contributed by atoms with Crippen molar-refractivity contribution in [2.75, 3.05) is 0 Å². The number of amides is 1. The van der Waals surface area contributed by atoms with E-state index in [2.05, 4.69) is 41.5 Å². The third-order valence-electron chi connectivity index (χ3n) is 5.20. The van der Waals surface area contributed by atoms with Crippen molar-refractivity contribution >= 4 is 17.7 Å². The van der Waals surface area contributed by atoms with E-state index in [0.29, 0.717) is 12.0 Å². The molecule has 0 bridgehead atoms. The van der Waals surface area contributed by atoms with Gasteiger partial charge in [-0.2, -0.15) is 0 Å². The summed E-state index contributed by atoms with van der Waals surface area (Å²) in [4.78, 5) is 12.6. The second kappa shape index (κ2) is 8.25. The number of benzene rings is 1. The Bertz CT molecular complexity index is 773. The molecule has 1 aromatic heterocycles. The first-order valence-electron chi connectivity index (χ1n) is 9.39. The largest absolute Gasteiger partial charge is 0.352 e. The van der Waals surface area contributed by atoms with Gasteiger partial charge in [0.1, 0.15) is 0 Å². The summed E-state index contributed by atoms with van der Waals surface area (Å²) in [5, 5.41) is 12.4. The highest BCUT2D eigenvalue weighted by Crippen LogP contribution is 2.27. The molecule has 140 valence electrons. The average Bonchev–Trinajstić information content (AvgIpc) is 2.97. The highest BCUT2D eigenvalue weighted by atomic mass is 32.2. The van der Waals surface area contributed by atoms with E-state index in [4.69, 9.17) is 0 Å². The van der Waals surface area contributed by atoms with Crippen molar-refractivity contribution in [3.63, 3.8) is 0 Å². The molecule has 1 heterocycles. The van der Waals surface area contributed by atoms with E-state index in [1.807, 2.05) is 30.7 Å². The van der Waals surface area contributed by atoms with E-state index in [9.17, 15) is 4.79 Å². The smallest absolute Gasteiger partial charge is 0.233 e. The SMILES string of the molecule is Cc1cccc(-c2nnc(SC(C)C(=O)NC3CCCCC3C)n2C)c1. The molecule has 1 saturated carbocycles. The second-order valence-electron chi connectivity index (χ2n) is 7.37. The zero-order chi connectivity index (χ0) is 18.7. The molecular formula is C20H28N4OS. The number of aryl methyl sites for hydroxylation is 1. The summed E-state index contributed by atoms with van der Waals surface area (Å²) in [7, 11) is 1.95. The zero-order valence-electron chi connectivity index (χ0n) is 16.0. The van der Waals surface area contributed by atoms with E-state index in [1.54, 1.807) is 0 Å². The maximum absolute atomic E-state index is 12.6. The van der Waals surface area contributed by atoms with Crippen LogP contribution in [0.5, 0.6) is 0 Å². The molecule has 1 aliphatic carbocycles. The first kappa shape index (κ1) is 19.0. The minimum Gasteiger partial charge on any atom is -0.352 e. The Kier molecular flexibility index (Phi) is 6.01. The summed E-state index contributed by atoms with van der Waals surface area (Å²) >= 11 is 1.47. The Balaban J connectivity index is 1.66. The summed E-state index contributed by atoms with van der Waals surface area (Å²) in [5.74, 6) is 1.48. The van der Waals surface area contributed by atoms with Crippen LogP contribution in [0.15, 0.2) is 29.4 Å². The van der Waals surface area contributed by atoms with Crippen LogP contribution in [0.1, 0.15) is 45.1 Å². The van der Waals surface area contributed by atoms with Crippen molar-refractivity contribution in [2.24, 2.45) is 13.0 Å². The molecule has 6 heteroatoms. The van der Waals surface area contributed by atoms with Crippen molar-refractivity contribution in [1.29, 1.82) is 0 Å². The number of nitrogens with zero attached hydrogens (tertiary/aromatic N) is 3. The van der Waals surface area contributed by atoms with Crippen molar-refractivity contribution in [3.8, 4) is 11.4 Å². The summed E-state index contributed by atoms with van der Waals surface area (Å²) in [6.07, 6.45) is 4.78. The first-order chi connectivity index (χ1) is 12.5. The molecule has 0 radical (unpaired) electrons. The number of hydrogen-bond acceptors (Lipinski definition) is 4. The van der Waals surface area contributed by atoms with Gasteiger partial charge in [-0.1, -0.05) is 55.3 Å². The number of rotatable bonds is 5. The molecule has 5 nitrogen and oxygen atoms in total. The number of carbonyl (C=O) groups excluding carboxylic acids is 1. The van der Waals surface area contributed by atoms with Gasteiger partial charge in [0.05, 0.1) is 5.25 Å². The number of carbonyl (C=O) groups is 1. The van der Waals surface area contributed by atoms with Gasteiger partial charge in [-0.25, -0.2) is 0 Å². The van der Waals surface area contributed by atoms with Crippen molar-refractivity contribution in [2.45, 2.75) is 62.9 Å². The minimum atomic E-state index is -0.197. The molecule has 1 aliphatic rings. The van der Waals surface area contributed by atoms with E-state index >= 15 is 0 Å². The van der Waals surface area contributed by atoms with E-state index in [-0.39, 0.29) is 11.2 Å². The number of nitrogens with one attached hydrogen (secondary N) is 1. The summed E-state index contributed by atoms with van der Waals surface area (Å²) in [6.45, 7) is 6.24. The normalized spacial score (nSPS) is 21.4. The van der Waals surface area contributed by atoms with Gasteiger partial charge in [0.15, 0.2) is 11.0 Å². The molecule has 0 saturated heterocycles. The Morgan fingerprint density at radius 2 is 2.08 bits per heavy atom. The highest BCUT2D eigenvalue weighted by molar-refractivity contribution is 8.00. The van der Waals surface area contributed by atoms with E-state index in [1.165, 1.54) is 36.6 Å². The number of thioether (sulfide) groups is 1. The van der Waals surface area contributed by atoms with Crippen molar-refractivity contribution in [3.05, 3.63) is 29.8 Å². The molecular weight excluding hydrogens is 344 g/mol. The average molecular weight is 373 g/mol. The highest BCUT2D eigenvalue weighted by Gasteiger charge is 2.26. The topological polar surface area (TPSA) is 59.8 Å². The van der Waals surface area contributed by atoms with Crippen LogP contribution in [0.4, 0.5) is 0 Å². The maximum atomic E-state index is 12.6. The van der Waals surface area contributed by atoms with Gasteiger partial charge < -0.3 is 9.88 Å². The molecule has 26 heavy (non-hydrogen) atoms. The lowest BCUT2D eigenvalue weighted by Gasteiger charge is -2.30. The molecule has 1 aromatic carbocycles. The second-order valence-corrected chi connectivity index (χ2v) is 8.68. The third kappa shape index (κ3) is 4.29. The Labute approximate surface area is 160 Å². The zero-order valence-corrected chi connectivity index (χ0v) is 16.8. The maximum Gasteiger partial charge on any atom is 0.233 e. The third-order valence-corrected chi connectivity index (χ3v) is 6.34. The van der Waals surface area contributed by atoms with Gasteiger partial charge in [0.25, 0.3) is 0 Å². The fourth-order valence-electron chi connectivity index (χ4n) is 3.50. The fraction of sp³-hybridized carbons (Fsp3) is 0.550. The molecule has 0 aliphatic heterocycles. The standard InChI is InChI=1S/C20H28N4OS/c1-13-8-7-10-16(12-13)18-22-23-20(24(18)4)26-15(3)19(25)21-17-11-6-5-9-14(17)2/h7-8,10,12,14-15,17H,5-6,9,11H2,1-4H3,(H,21,25). The lowest BCUT2D eigenvalue weighted by atomic mass is 9.86. The van der Waals surface area contributed by atoms with Crippen LogP contribution in [0, 0.1) is 12.8 Å². The van der Waals surface area contributed by atoms with Gasteiger partial charge in [-0.3, -0.25) is 4.79 Å². The predicted octanol–water partition coefficient (Wildman–Crippen LogP) is 3.97. The van der Waals surface area contributed by atoms with Crippen LogP contribution in [0.2, 0.25) is 0 Å². The lowest BCUT2D eigenvalue weighted by Crippen LogP contribution is -2.44. The Morgan fingerprint density at radius 3 is 2.81 bits per heavy atom. The molecule has 3 rings (SSSR count). The lowest BCUT2D eigenvalue weighted by molar-refractivity contribution is -0.121. The van der Waals surface area contributed by atoms with Crippen LogP contribution >= 0.6 is 11.8 Å². The molecule has 3 unspecified atom stereocenters. The Hall–Kier alpha value is -1.82. The van der Waals surface area contributed by atoms with Gasteiger partial charge >= 0.3 is 0 Å². The van der Waals surface area contributed by atoms with Crippen LogP contribution in [0.25, 0.3) is 11.4 Å². The molecule has 3 atom stereocenters. The minimum absolute atomic E-state index is 0.0915.